The van der Waals surface area contributed by atoms with Gasteiger partial charge in [0.15, 0.2) is 9.84 Å². The number of carboxylic acid groups (broad SMARTS) is 1. The van der Waals surface area contributed by atoms with E-state index < -0.39 is 27.9 Å². The van der Waals surface area contributed by atoms with Gasteiger partial charge < -0.3 is 15.3 Å². The molecule has 4 saturated carbocycles. The van der Waals surface area contributed by atoms with Crippen LogP contribution in [0, 0.1) is 62.1 Å². The topological polar surface area (TPSA) is 86.7 Å². The highest BCUT2D eigenvalue weighted by molar-refractivity contribution is 7.91. The highest BCUT2D eigenvalue weighted by Gasteiger charge is 2.71. The van der Waals surface area contributed by atoms with E-state index in [0.29, 0.717) is 73.4 Å². The molecule has 5 fully saturated rings. The predicted molar refractivity (Wildman–Crippen MR) is 208 cm³/mol. The molecule has 7 aliphatic rings. The number of hydrogen-bond acceptors (Lipinski definition) is 5. The molecule has 0 amide bonds. The number of allylic oxidation sites excluding steroid dienone is 4. The Morgan fingerprint density at radius 1 is 0.904 bits per heavy atom. The minimum atomic E-state index is -2.87. The maximum Gasteiger partial charge on any atom is 0.312 e. The third-order valence-electron chi connectivity index (χ3n) is 18.1. The van der Waals surface area contributed by atoms with Gasteiger partial charge in [0, 0.05) is 31.7 Å². The highest BCUT2D eigenvalue weighted by Crippen LogP contribution is 2.77. The molecule has 52 heavy (non-hydrogen) atoms. The van der Waals surface area contributed by atoms with Gasteiger partial charge in [-0.25, -0.2) is 12.8 Å². The smallest absolute Gasteiger partial charge is 0.312 e. The number of nitrogens with one attached hydrogen (secondary N) is 1. The molecule has 0 bridgehead atoms. The molecule has 1 heterocycles. The molecule has 294 valence electrons. The number of sulfone groups is 1. The maximum absolute atomic E-state index is 14.0. The average molecular weight is 743 g/mol. The lowest BCUT2D eigenvalue weighted by atomic mass is 9.32. The Labute approximate surface area is 315 Å². The Bertz CT molecular complexity index is 1580. The number of halogens is 1. The second kappa shape index (κ2) is 12.9. The first-order chi connectivity index (χ1) is 24.2. The van der Waals surface area contributed by atoms with Crippen LogP contribution in [0.5, 0.6) is 0 Å². The van der Waals surface area contributed by atoms with Gasteiger partial charge in [-0.15, -0.1) is 0 Å². The van der Waals surface area contributed by atoms with E-state index >= 15 is 0 Å². The predicted octanol–water partition coefficient (Wildman–Crippen LogP) is 8.87. The van der Waals surface area contributed by atoms with Crippen LogP contribution in [0.25, 0.3) is 0 Å². The lowest BCUT2D eigenvalue weighted by molar-refractivity contribution is -0.224. The summed E-state index contributed by atoms with van der Waals surface area (Å²) >= 11 is 0. The summed E-state index contributed by atoms with van der Waals surface area (Å²) in [5, 5.41) is 14.1. The molecule has 10 atom stereocenters. The third kappa shape index (κ3) is 5.86. The van der Waals surface area contributed by atoms with Crippen LogP contribution in [-0.4, -0.2) is 74.3 Å². The van der Waals surface area contributed by atoms with Crippen LogP contribution in [-0.2, 0) is 14.6 Å². The van der Waals surface area contributed by atoms with Gasteiger partial charge in [-0.3, -0.25) is 4.79 Å². The summed E-state index contributed by atoms with van der Waals surface area (Å²) in [7, 11) is -2.87. The summed E-state index contributed by atoms with van der Waals surface area (Å²) < 4.78 is 38.1. The zero-order valence-corrected chi connectivity index (χ0v) is 34.7. The largest absolute Gasteiger partial charge is 0.481 e. The Balaban J connectivity index is 1.14. The van der Waals surface area contributed by atoms with Crippen LogP contribution in [0.15, 0.2) is 23.3 Å². The van der Waals surface area contributed by atoms with Crippen LogP contribution in [0.4, 0.5) is 4.39 Å². The number of carbonyl (C=O) groups is 1. The second-order valence-electron chi connectivity index (χ2n) is 21.5. The van der Waals surface area contributed by atoms with Crippen molar-refractivity contribution in [2.45, 2.75) is 138 Å². The molecule has 0 aromatic carbocycles. The fourth-order valence-electron chi connectivity index (χ4n) is 15.0. The van der Waals surface area contributed by atoms with E-state index in [4.69, 9.17) is 0 Å². The van der Waals surface area contributed by atoms with Crippen molar-refractivity contribution in [2.24, 2.45) is 62.1 Å². The molecule has 7 rings (SSSR count). The van der Waals surface area contributed by atoms with Crippen LogP contribution in [0.3, 0.4) is 0 Å². The molecule has 6 aliphatic carbocycles. The van der Waals surface area contributed by atoms with E-state index in [0.717, 1.165) is 19.5 Å². The highest BCUT2D eigenvalue weighted by atomic mass is 32.2. The molecule has 6 nitrogen and oxygen atoms in total. The van der Waals surface area contributed by atoms with Gasteiger partial charge in [0.2, 0.25) is 0 Å². The Morgan fingerprint density at radius 3 is 2.23 bits per heavy atom. The van der Waals surface area contributed by atoms with Crippen LogP contribution >= 0.6 is 0 Å². The standard InChI is InChI=1S/C44H71FN2O4S/c1-38(2,3)32-14-20-44(46-23-24-47-25-27-52(50,51)28-26-47)22-21-41(7)33(36(32)44)9-10-35-40(6)16-13-31(39(4,5)34(40)15-17-42(35,41)8)30-11-18-43(29-45,19-12-30)37(48)49/h11,13,32-36,46H,9-10,12,14-29H2,1-8H3,(H,48,49)/t32-,33-,34+,35-,36-,40+,41-,42-,43-,44+/m1/s1. The summed E-state index contributed by atoms with van der Waals surface area (Å²) in [6.45, 7) is 22.9. The number of nitrogens with zero attached hydrogens (tertiary/aromatic N) is 1. The van der Waals surface area contributed by atoms with Crippen molar-refractivity contribution >= 4 is 15.8 Å². The lowest BCUT2D eigenvalue weighted by Gasteiger charge is -2.72. The number of aliphatic carboxylic acids is 1. The van der Waals surface area contributed by atoms with Gasteiger partial charge in [-0.05, 0) is 145 Å². The molecule has 0 spiro atoms. The SMILES string of the molecule is CC(C)(C)[C@@H]1CC[C@]2(NCCN3CCS(=O)(=O)CC3)CC[C@]3(C)[C@H](CC[C@@H]4[C@@]5(C)CC=C(C6=CC[C@@](CF)(C(=O)O)CC6)C(C)(C)[C@@H]5CC[C@]43C)[C@@H]12. The van der Waals surface area contributed by atoms with Gasteiger partial charge in [-0.2, -0.15) is 0 Å². The number of carboxylic acids is 1. The van der Waals surface area contributed by atoms with Gasteiger partial charge >= 0.3 is 5.97 Å². The molecule has 1 aliphatic heterocycles. The van der Waals surface area contributed by atoms with Gasteiger partial charge in [0.05, 0.1) is 16.9 Å². The number of hydrogen-bond donors (Lipinski definition) is 2. The van der Waals surface area contributed by atoms with Crippen molar-refractivity contribution in [3.63, 3.8) is 0 Å². The zero-order valence-electron chi connectivity index (χ0n) is 33.9. The molecule has 8 heteroatoms. The van der Waals surface area contributed by atoms with E-state index in [-0.39, 0.29) is 32.6 Å². The summed E-state index contributed by atoms with van der Waals surface area (Å²) in [6, 6.07) is 0. The second-order valence-corrected chi connectivity index (χ2v) is 23.8. The van der Waals surface area contributed by atoms with Gasteiger partial charge in [0.1, 0.15) is 6.67 Å². The summed E-state index contributed by atoms with van der Waals surface area (Å²) in [5.41, 5.74) is 2.61. The summed E-state index contributed by atoms with van der Waals surface area (Å²) in [4.78, 5) is 14.4. The number of fused-ring (bicyclic) bond motifs is 7. The van der Waals surface area contributed by atoms with Crippen molar-refractivity contribution in [1.82, 2.24) is 10.2 Å². The average Bonchev–Trinajstić information content (AvgIpc) is 3.46. The molecular formula is C44H71FN2O4S. The summed E-state index contributed by atoms with van der Waals surface area (Å²) in [5.74, 6) is 2.87. The minimum Gasteiger partial charge on any atom is -0.481 e. The Hall–Kier alpha value is -1.25. The van der Waals surface area contributed by atoms with Gasteiger partial charge in [-0.1, -0.05) is 67.5 Å². The lowest BCUT2D eigenvalue weighted by Crippen LogP contribution is -2.68. The van der Waals surface area contributed by atoms with Crippen molar-refractivity contribution < 1.29 is 22.7 Å². The fraction of sp³-hybridized carbons (Fsp3) is 0.886. The molecule has 0 radical (unpaired) electrons. The minimum absolute atomic E-state index is 0.0101. The fourth-order valence-corrected chi connectivity index (χ4v) is 16.3. The van der Waals surface area contributed by atoms with E-state index in [1.165, 1.54) is 62.5 Å². The Morgan fingerprint density at radius 2 is 1.62 bits per heavy atom. The molecule has 2 N–H and O–H groups in total. The van der Waals surface area contributed by atoms with E-state index in [9.17, 15) is 22.7 Å². The van der Waals surface area contributed by atoms with E-state index in [1.807, 2.05) is 0 Å². The number of rotatable bonds is 7. The van der Waals surface area contributed by atoms with E-state index in [1.54, 1.807) is 0 Å². The molecule has 0 unspecified atom stereocenters. The van der Waals surface area contributed by atoms with Crippen LogP contribution in [0.2, 0.25) is 0 Å². The normalized spacial score (nSPS) is 45.8. The Kier molecular flexibility index (Phi) is 9.67. The molecular weight excluding hydrogens is 672 g/mol. The first-order valence-corrected chi connectivity index (χ1v) is 22.9. The van der Waals surface area contributed by atoms with Crippen LogP contribution in [0.1, 0.15) is 132 Å². The summed E-state index contributed by atoms with van der Waals surface area (Å²) in [6.07, 6.45) is 17.2. The van der Waals surface area contributed by atoms with Crippen molar-refractivity contribution in [2.75, 3.05) is 44.4 Å². The quantitative estimate of drug-likeness (QED) is 0.271. The monoisotopic (exact) mass is 743 g/mol. The molecule has 0 aromatic rings. The molecule has 0 aromatic heterocycles. The van der Waals surface area contributed by atoms with Gasteiger partial charge in [0.25, 0.3) is 0 Å². The third-order valence-corrected chi connectivity index (χ3v) is 19.7. The van der Waals surface area contributed by atoms with E-state index in [2.05, 4.69) is 77.8 Å². The first-order valence-electron chi connectivity index (χ1n) is 21.1. The van der Waals surface area contributed by atoms with Crippen LogP contribution < -0.4 is 5.32 Å². The van der Waals surface area contributed by atoms with Crippen molar-refractivity contribution in [3.05, 3.63) is 23.3 Å². The maximum atomic E-state index is 14.0. The molecule has 1 saturated heterocycles. The van der Waals surface area contributed by atoms with Crippen molar-refractivity contribution in [3.8, 4) is 0 Å². The van der Waals surface area contributed by atoms with Crippen molar-refractivity contribution in [1.29, 1.82) is 0 Å². The number of alkyl halides is 1. The zero-order chi connectivity index (χ0) is 37.8. The first kappa shape index (κ1) is 39.0.